The molecule has 1 fully saturated rings. The number of allylic oxidation sites excluding steroid dienone is 3. The van der Waals surface area contributed by atoms with E-state index in [9.17, 15) is 29.7 Å². The highest BCUT2D eigenvalue weighted by Gasteiger charge is 2.92. The first-order valence-corrected chi connectivity index (χ1v) is 30.0. The van der Waals surface area contributed by atoms with Crippen molar-refractivity contribution in [2.24, 2.45) is 16.2 Å². The second-order valence-corrected chi connectivity index (χ2v) is 22.7. The number of aliphatic carboxylic acids is 3. The third-order valence-corrected chi connectivity index (χ3v) is 16.9. The number of carbonyl (C=O) groups is 3. The highest BCUT2D eigenvalue weighted by molar-refractivity contribution is 5.80. The lowest BCUT2D eigenvalue weighted by molar-refractivity contribution is -0.418. The van der Waals surface area contributed by atoms with Crippen LogP contribution in [0, 0.1) is 16.2 Å². The molecule has 0 spiro atoms. The summed E-state index contributed by atoms with van der Waals surface area (Å²) in [5, 5.41) is 29.2. The number of unbranched alkanes of at least 4 members (excludes halogenated alkanes) is 31. The Morgan fingerprint density at radius 1 is 0.325 bits per heavy atom. The molecule has 1 aliphatic carbocycles. The average Bonchev–Trinajstić information content (AvgIpc) is 3.35. The normalized spacial score (nSPS) is 20.4. The molecule has 16 heteroatoms. The number of carboxylic acid groups (broad SMARTS) is 3. The van der Waals surface area contributed by atoms with E-state index in [1.807, 2.05) is 0 Å². The first kappa shape index (κ1) is 71.9. The third kappa shape index (κ3) is 21.7. The molecule has 0 bridgehead atoms. The van der Waals surface area contributed by atoms with Gasteiger partial charge in [0, 0.05) is 30.1 Å². The van der Waals surface area contributed by atoms with Crippen molar-refractivity contribution in [1.29, 1.82) is 0 Å². The van der Waals surface area contributed by atoms with Crippen LogP contribution in [0.5, 0.6) is 0 Å². The van der Waals surface area contributed by atoms with E-state index in [0.29, 0.717) is 56.1 Å². The molecule has 1 aliphatic rings. The molecule has 450 valence electrons. The van der Waals surface area contributed by atoms with Crippen LogP contribution >= 0.6 is 0 Å². The number of halogens is 10. The summed E-state index contributed by atoms with van der Waals surface area (Å²) in [7, 11) is 0. The molecule has 0 aromatic heterocycles. The number of alkyl halides is 10. The number of carboxylic acids is 3. The van der Waals surface area contributed by atoms with Crippen LogP contribution in [-0.4, -0.2) is 62.8 Å². The van der Waals surface area contributed by atoms with Crippen molar-refractivity contribution in [3.63, 3.8) is 0 Å². The minimum Gasteiger partial charge on any atom is -0.478 e. The zero-order chi connectivity index (χ0) is 58.0. The molecule has 0 aromatic carbocycles. The van der Waals surface area contributed by atoms with Crippen LogP contribution in [0.3, 0.4) is 0 Å². The Morgan fingerprint density at radius 2 is 0.571 bits per heavy atom. The molecule has 0 heterocycles. The Kier molecular flexibility index (Phi) is 34.6. The van der Waals surface area contributed by atoms with Crippen LogP contribution in [-0.2, 0) is 14.4 Å². The summed E-state index contributed by atoms with van der Waals surface area (Å²) in [6.45, 7) is 5.89. The highest BCUT2D eigenvalue weighted by atomic mass is 19.4. The third-order valence-electron chi connectivity index (χ3n) is 16.9. The van der Waals surface area contributed by atoms with Gasteiger partial charge in [0.2, 0.25) is 0 Å². The molecule has 0 aromatic rings. The fourth-order valence-electron chi connectivity index (χ4n) is 12.6. The predicted octanol–water partition coefficient (Wildman–Crippen LogP) is 21.1. The summed E-state index contributed by atoms with van der Waals surface area (Å²) in [6, 6.07) is 0. The largest absolute Gasteiger partial charge is 0.478 e. The summed E-state index contributed by atoms with van der Waals surface area (Å²) < 4.78 is 169. The standard InChI is InChI=1S/C61H100F10O6/c1-4-7-10-12-14-16-18-20-22-24-26-28-30-32-34-36-47-56(48-37-35-33-31-29-27-25-23-21-19-17-15-13-11-8-5-2)55(46-9-6-3,49-40-43-53(76)77)54(44-38-41-51(72)73,45-39-42-52(74)75)50-57(62,63)59(66,67)61(70,71)60(68,69)58(56,64)65/h38-43H,4-37,44-50H2,1-3H3,(H,72,73)(H,74,75)(H,76,77)/b41-38+,42-39+,43-40+. The molecule has 6 nitrogen and oxygen atoms in total. The lowest BCUT2D eigenvalue weighted by Crippen LogP contribution is -2.71. The minimum absolute atomic E-state index is 0.0508. The van der Waals surface area contributed by atoms with Crippen LogP contribution < -0.4 is 0 Å². The van der Waals surface area contributed by atoms with E-state index in [1.54, 1.807) is 6.92 Å². The second kappa shape index (κ2) is 37.0. The zero-order valence-electron chi connectivity index (χ0n) is 47.3. The van der Waals surface area contributed by atoms with E-state index < -0.39 is 109 Å². The van der Waals surface area contributed by atoms with Crippen molar-refractivity contribution >= 4 is 17.9 Å². The van der Waals surface area contributed by atoms with Gasteiger partial charge in [-0.3, -0.25) is 0 Å². The topological polar surface area (TPSA) is 112 Å². The van der Waals surface area contributed by atoms with Gasteiger partial charge in [0.25, 0.3) is 0 Å². The predicted molar refractivity (Wildman–Crippen MR) is 289 cm³/mol. The fraction of sp³-hybridized carbons (Fsp3) is 0.852. The van der Waals surface area contributed by atoms with E-state index in [2.05, 4.69) is 13.8 Å². The van der Waals surface area contributed by atoms with Crippen molar-refractivity contribution in [2.45, 2.75) is 314 Å². The highest BCUT2D eigenvalue weighted by Crippen LogP contribution is 2.76. The molecular formula is C61H100F10O6. The van der Waals surface area contributed by atoms with Gasteiger partial charge in [-0.15, -0.1) is 0 Å². The van der Waals surface area contributed by atoms with Crippen LogP contribution in [0.2, 0.25) is 0 Å². The maximum Gasteiger partial charge on any atom is 0.384 e. The molecule has 1 saturated carbocycles. The number of hydrogen-bond acceptors (Lipinski definition) is 3. The van der Waals surface area contributed by atoms with Gasteiger partial charge in [0.05, 0.1) is 0 Å². The van der Waals surface area contributed by atoms with Crippen molar-refractivity contribution in [3.8, 4) is 0 Å². The minimum atomic E-state index is -7.38. The summed E-state index contributed by atoms with van der Waals surface area (Å²) in [5.74, 6) is -39.2. The summed E-state index contributed by atoms with van der Waals surface area (Å²) in [4.78, 5) is 36.0. The van der Waals surface area contributed by atoms with Gasteiger partial charge in [-0.25, -0.2) is 14.4 Å². The lowest BCUT2D eigenvalue weighted by Gasteiger charge is -2.64. The maximum atomic E-state index is 18.4. The van der Waals surface area contributed by atoms with E-state index in [1.165, 1.54) is 77.0 Å². The lowest BCUT2D eigenvalue weighted by atomic mass is 9.41. The van der Waals surface area contributed by atoms with Crippen molar-refractivity contribution in [2.75, 3.05) is 0 Å². The van der Waals surface area contributed by atoms with E-state index in [-0.39, 0.29) is 38.5 Å². The first-order chi connectivity index (χ1) is 36.4. The van der Waals surface area contributed by atoms with E-state index in [0.717, 1.165) is 83.1 Å². The van der Waals surface area contributed by atoms with Crippen molar-refractivity contribution in [1.82, 2.24) is 0 Å². The fourth-order valence-corrected chi connectivity index (χ4v) is 12.6. The SMILES string of the molecule is CCCCCCCCCCCCCCCCCCC1(CCCCCCCCCCCCCCCCCC)C(F)(F)C(F)(F)C(F)(F)C(F)(F)C(F)(F)CC(C/C=C/C(=O)O)(C/C=C/C(=O)O)C1(C/C=C/C(=O)O)CCCC. The Morgan fingerprint density at radius 3 is 0.857 bits per heavy atom. The van der Waals surface area contributed by atoms with E-state index >= 15 is 43.9 Å². The van der Waals surface area contributed by atoms with Gasteiger partial charge in [-0.05, 0) is 49.4 Å². The Bertz CT molecular complexity index is 1650. The van der Waals surface area contributed by atoms with Gasteiger partial charge in [0.15, 0.2) is 0 Å². The molecule has 1 rings (SSSR count). The molecule has 0 saturated heterocycles. The summed E-state index contributed by atoms with van der Waals surface area (Å²) in [6.07, 6.45) is 22.0. The van der Waals surface area contributed by atoms with Gasteiger partial charge in [0.1, 0.15) is 0 Å². The maximum absolute atomic E-state index is 18.4. The van der Waals surface area contributed by atoms with Crippen LogP contribution in [0.1, 0.15) is 284 Å². The smallest absolute Gasteiger partial charge is 0.384 e. The van der Waals surface area contributed by atoms with Gasteiger partial charge < -0.3 is 15.3 Å². The quantitative estimate of drug-likeness (QED) is 0.0318. The summed E-state index contributed by atoms with van der Waals surface area (Å²) in [5.41, 5.74) is -9.52. The molecule has 3 N–H and O–H groups in total. The monoisotopic (exact) mass is 1120 g/mol. The van der Waals surface area contributed by atoms with E-state index in [4.69, 9.17) is 0 Å². The molecule has 0 amide bonds. The number of hydrogen-bond donors (Lipinski definition) is 3. The van der Waals surface area contributed by atoms with Crippen molar-refractivity contribution < 1.29 is 73.6 Å². The summed E-state index contributed by atoms with van der Waals surface area (Å²) >= 11 is 0. The van der Waals surface area contributed by atoms with Crippen molar-refractivity contribution in [3.05, 3.63) is 36.5 Å². The average molecular weight is 1120 g/mol. The molecular weight excluding hydrogens is 1020 g/mol. The molecule has 1 atom stereocenters. The van der Waals surface area contributed by atoms with Gasteiger partial charge >= 0.3 is 47.5 Å². The van der Waals surface area contributed by atoms with Gasteiger partial charge in [-0.2, -0.15) is 43.9 Å². The van der Waals surface area contributed by atoms with Gasteiger partial charge in [-0.1, -0.05) is 257 Å². The van der Waals surface area contributed by atoms with Crippen LogP contribution in [0.15, 0.2) is 36.5 Å². The molecule has 77 heavy (non-hydrogen) atoms. The second-order valence-electron chi connectivity index (χ2n) is 22.7. The first-order valence-electron chi connectivity index (χ1n) is 30.0. The number of rotatable bonds is 46. The molecule has 1 unspecified atom stereocenters. The Labute approximate surface area is 456 Å². The van der Waals surface area contributed by atoms with Crippen LogP contribution in [0.4, 0.5) is 43.9 Å². The zero-order valence-corrected chi connectivity index (χ0v) is 47.3. The van der Waals surface area contributed by atoms with Crippen LogP contribution in [0.25, 0.3) is 0 Å². The molecule has 0 radical (unpaired) electrons. The Hall–Kier alpha value is -3.07. The molecule has 0 aliphatic heterocycles. The Balaban J connectivity index is 4.02.